The summed E-state index contributed by atoms with van der Waals surface area (Å²) in [7, 11) is 0. The zero-order chi connectivity index (χ0) is 9.19. The summed E-state index contributed by atoms with van der Waals surface area (Å²) in [5.74, 6) is 0.159. The molecule has 1 aliphatic heterocycles. The van der Waals surface area contributed by atoms with Crippen LogP contribution in [0.1, 0.15) is 26.2 Å². The molecule has 1 saturated heterocycles. The van der Waals surface area contributed by atoms with Gasteiger partial charge in [0.25, 0.3) is 0 Å². The Labute approximate surface area is 76.7 Å². The van der Waals surface area contributed by atoms with Crippen LogP contribution in [0.2, 0.25) is 0 Å². The van der Waals surface area contributed by atoms with Crippen LogP contribution >= 0.6 is 11.8 Å². The molecule has 3 N–H and O–H groups in total. The number of rotatable bonds is 2. The molecule has 1 unspecified atom stereocenters. The number of aliphatic carboxylic acids is 1. The topological polar surface area (TPSA) is 63.3 Å². The molecule has 0 aliphatic carbocycles. The highest BCUT2D eigenvalue weighted by molar-refractivity contribution is 8.00. The number of carboxylic acid groups (broad SMARTS) is 1. The lowest BCUT2D eigenvalue weighted by Crippen LogP contribution is -2.54. The molecule has 0 saturated carbocycles. The van der Waals surface area contributed by atoms with Gasteiger partial charge in [0.2, 0.25) is 0 Å². The van der Waals surface area contributed by atoms with Crippen LogP contribution < -0.4 is 5.73 Å². The van der Waals surface area contributed by atoms with Crippen LogP contribution in [0.4, 0.5) is 0 Å². The summed E-state index contributed by atoms with van der Waals surface area (Å²) in [4.78, 5) is 10.8. The second-order valence-electron chi connectivity index (χ2n) is 3.44. The van der Waals surface area contributed by atoms with Crippen molar-refractivity contribution in [3.8, 4) is 0 Å². The molecule has 1 heterocycles. The van der Waals surface area contributed by atoms with Gasteiger partial charge in [0.05, 0.1) is 0 Å². The Morgan fingerprint density at radius 2 is 2.33 bits per heavy atom. The van der Waals surface area contributed by atoms with Crippen molar-refractivity contribution in [1.29, 1.82) is 0 Å². The smallest absolute Gasteiger partial charge is 0.324 e. The van der Waals surface area contributed by atoms with Gasteiger partial charge in [-0.3, -0.25) is 4.79 Å². The molecular formula is C8H15NO2S. The van der Waals surface area contributed by atoms with E-state index in [1.807, 2.05) is 0 Å². The molecule has 1 rings (SSSR count). The van der Waals surface area contributed by atoms with Gasteiger partial charge in [-0.15, -0.1) is 0 Å². The monoisotopic (exact) mass is 189 g/mol. The molecule has 0 spiro atoms. The average molecular weight is 189 g/mol. The van der Waals surface area contributed by atoms with Gasteiger partial charge in [-0.2, -0.15) is 11.8 Å². The third-order valence-electron chi connectivity index (χ3n) is 2.31. The minimum Gasteiger partial charge on any atom is -0.480 e. The molecule has 1 fully saturated rings. The molecule has 4 heteroatoms. The van der Waals surface area contributed by atoms with Gasteiger partial charge in [0.1, 0.15) is 5.54 Å². The summed E-state index contributed by atoms with van der Waals surface area (Å²) in [6, 6.07) is 0. The predicted molar refractivity (Wildman–Crippen MR) is 50.3 cm³/mol. The Hall–Kier alpha value is -0.220. The maximum Gasteiger partial charge on any atom is 0.324 e. The van der Waals surface area contributed by atoms with Crippen molar-refractivity contribution < 1.29 is 9.90 Å². The first-order valence-electron chi connectivity index (χ1n) is 4.19. The van der Waals surface area contributed by atoms with Crippen molar-refractivity contribution in [3.05, 3.63) is 0 Å². The molecule has 0 radical (unpaired) electrons. The summed E-state index contributed by atoms with van der Waals surface area (Å²) in [6.07, 6.45) is 3.23. The molecule has 1 aliphatic rings. The molecule has 3 nitrogen and oxygen atoms in total. The highest BCUT2D eigenvalue weighted by Crippen LogP contribution is 2.31. The summed E-state index contributed by atoms with van der Waals surface area (Å²) >= 11 is 1.69. The fourth-order valence-corrected chi connectivity index (χ4v) is 2.79. The van der Waals surface area contributed by atoms with E-state index in [2.05, 4.69) is 0 Å². The van der Waals surface area contributed by atoms with Crippen molar-refractivity contribution in [2.75, 3.05) is 5.75 Å². The number of hydrogen-bond donors (Lipinski definition) is 2. The normalized spacial score (nSPS) is 29.3. The van der Waals surface area contributed by atoms with Crippen LogP contribution in [-0.2, 0) is 4.79 Å². The van der Waals surface area contributed by atoms with Crippen molar-refractivity contribution >= 4 is 17.7 Å². The van der Waals surface area contributed by atoms with Crippen molar-refractivity contribution in [2.24, 2.45) is 5.73 Å². The first-order valence-corrected chi connectivity index (χ1v) is 5.24. The largest absolute Gasteiger partial charge is 0.480 e. The maximum atomic E-state index is 10.8. The number of thioether (sulfide) groups is 1. The first-order chi connectivity index (χ1) is 5.55. The molecule has 0 aromatic heterocycles. The molecular weight excluding hydrogens is 174 g/mol. The summed E-state index contributed by atoms with van der Waals surface area (Å²) in [5.41, 5.74) is 4.66. The van der Waals surface area contributed by atoms with E-state index in [-0.39, 0.29) is 5.25 Å². The lowest BCUT2D eigenvalue weighted by Gasteiger charge is -2.32. The third-order valence-corrected chi connectivity index (χ3v) is 3.96. The van der Waals surface area contributed by atoms with Gasteiger partial charge < -0.3 is 10.8 Å². The predicted octanol–water partition coefficient (Wildman–Crippen LogP) is 1.07. The zero-order valence-corrected chi connectivity index (χ0v) is 8.06. The highest BCUT2D eigenvalue weighted by atomic mass is 32.2. The van der Waals surface area contributed by atoms with Gasteiger partial charge in [-0.25, -0.2) is 0 Å². The van der Waals surface area contributed by atoms with E-state index in [1.165, 1.54) is 6.42 Å². The Morgan fingerprint density at radius 3 is 2.75 bits per heavy atom. The van der Waals surface area contributed by atoms with E-state index in [9.17, 15) is 4.79 Å². The summed E-state index contributed by atoms with van der Waals surface area (Å²) in [6.45, 7) is 1.61. The van der Waals surface area contributed by atoms with Crippen molar-refractivity contribution in [1.82, 2.24) is 0 Å². The molecule has 0 aromatic carbocycles. The maximum absolute atomic E-state index is 10.8. The van der Waals surface area contributed by atoms with Crippen LogP contribution in [0.5, 0.6) is 0 Å². The van der Waals surface area contributed by atoms with Crippen LogP contribution in [0.3, 0.4) is 0 Å². The Morgan fingerprint density at radius 1 is 1.67 bits per heavy atom. The van der Waals surface area contributed by atoms with E-state index < -0.39 is 11.5 Å². The summed E-state index contributed by atoms with van der Waals surface area (Å²) in [5, 5.41) is 8.94. The quantitative estimate of drug-likeness (QED) is 0.682. The van der Waals surface area contributed by atoms with E-state index >= 15 is 0 Å². The van der Waals surface area contributed by atoms with Crippen molar-refractivity contribution in [3.63, 3.8) is 0 Å². The molecule has 12 heavy (non-hydrogen) atoms. The zero-order valence-electron chi connectivity index (χ0n) is 7.25. The SMILES string of the molecule is C[C@](N)(C(=O)O)C1CCCCS1. The number of nitrogens with two attached hydrogens (primary N) is 1. The standard InChI is InChI=1S/C8H15NO2S/c1-8(9,7(10)11)6-4-2-3-5-12-6/h6H,2-5,9H2,1H3,(H,10,11)/t6?,8-/m1/s1. The number of carboxylic acids is 1. The van der Waals surface area contributed by atoms with Crippen LogP contribution in [0.25, 0.3) is 0 Å². The van der Waals surface area contributed by atoms with Gasteiger partial charge in [0.15, 0.2) is 0 Å². The molecule has 0 amide bonds. The fraction of sp³-hybridized carbons (Fsp3) is 0.875. The van der Waals surface area contributed by atoms with Crippen molar-refractivity contribution in [2.45, 2.75) is 37.0 Å². The average Bonchev–Trinajstić information content (AvgIpc) is 2.06. The number of hydrogen-bond acceptors (Lipinski definition) is 3. The van der Waals surface area contributed by atoms with Gasteiger partial charge >= 0.3 is 5.97 Å². The molecule has 0 bridgehead atoms. The minimum atomic E-state index is -1.05. The third kappa shape index (κ3) is 1.93. The Balaban J connectivity index is 2.59. The Kier molecular flexibility index (Phi) is 3.01. The first kappa shape index (κ1) is 9.86. The second kappa shape index (κ2) is 3.66. The van der Waals surface area contributed by atoms with Gasteiger partial charge in [-0.1, -0.05) is 6.42 Å². The van der Waals surface area contributed by atoms with E-state index in [0.717, 1.165) is 18.6 Å². The van der Waals surface area contributed by atoms with Crippen LogP contribution in [-0.4, -0.2) is 27.6 Å². The van der Waals surface area contributed by atoms with Gasteiger partial charge in [-0.05, 0) is 25.5 Å². The van der Waals surface area contributed by atoms with Crippen LogP contribution in [0.15, 0.2) is 0 Å². The van der Waals surface area contributed by atoms with Crippen LogP contribution in [0, 0.1) is 0 Å². The molecule has 70 valence electrons. The second-order valence-corrected chi connectivity index (χ2v) is 4.75. The lowest BCUT2D eigenvalue weighted by molar-refractivity contribution is -0.142. The van der Waals surface area contributed by atoms with E-state index in [4.69, 9.17) is 10.8 Å². The fourth-order valence-electron chi connectivity index (χ4n) is 1.35. The van der Waals surface area contributed by atoms with E-state index in [1.54, 1.807) is 18.7 Å². The highest BCUT2D eigenvalue weighted by Gasteiger charge is 2.38. The van der Waals surface area contributed by atoms with Gasteiger partial charge in [0, 0.05) is 5.25 Å². The minimum absolute atomic E-state index is 0.0868. The number of carbonyl (C=O) groups is 1. The summed E-state index contributed by atoms with van der Waals surface area (Å²) < 4.78 is 0. The Bertz CT molecular complexity index is 176. The lowest BCUT2D eigenvalue weighted by atomic mass is 9.95. The molecule has 2 atom stereocenters. The van der Waals surface area contributed by atoms with E-state index in [0.29, 0.717) is 0 Å². The molecule has 0 aromatic rings.